The number of hydrogen-bond acceptors (Lipinski definition) is 4. The molecule has 0 saturated heterocycles. The molecule has 0 saturated carbocycles. The number of hydrogen-bond donors (Lipinski definition) is 0. The van der Waals surface area contributed by atoms with Gasteiger partial charge in [-0.05, 0) is 47.2 Å². The van der Waals surface area contributed by atoms with Crippen molar-refractivity contribution in [1.82, 2.24) is 9.55 Å². The zero-order valence-electron chi connectivity index (χ0n) is 12.2. The van der Waals surface area contributed by atoms with E-state index in [1.54, 1.807) is 14.0 Å². The lowest BCUT2D eigenvalue weighted by molar-refractivity contribution is 0.0518. The summed E-state index contributed by atoms with van der Waals surface area (Å²) in [5.74, 6) is 1.27. The van der Waals surface area contributed by atoms with Crippen LogP contribution in [0, 0.1) is 3.70 Å². The topological polar surface area (TPSA) is 53.4 Å². The highest BCUT2D eigenvalue weighted by atomic mass is 127. The van der Waals surface area contributed by atoms with E-state index in [4.69, 9.17) is 9.47 Å². The van der Waals surface area contributed by atoms with Crippen LogP contribution in [-0.4, -0.2) is 29.2 Å². The van der Waals surface area contributed by atoms with Crippen LogP contribution >= 0.6 is 22.6 Å². The van der Waals surface area contributed by atoms with Crippen molar-refractivity contribution in [3.05, 3.63) is 45.0 Å². The molecule has 0 unspecified atom stereocenters. The quantitative estimate of drug-likeness (QED) is 0.572. The van der Waals surface area contributed by atoms with Crippen molar-refractivity contribution < 1.29 is 14.3 Å². The fourth-order valence-corrected chi connectivity index (χ4v) is 2.55. The van der Waals surface area contributed by atoms with Gasteiger partial charge in [0.05, 0.1) is 13.7 Å². The van der Waals surface area contributed by atoms with Crippen LogP contribution < -0.4 is 4.74 Å². The molecule has 0 fully saturated rings. The summed E-state index contributed by atoms with van der Waals surface area (Å²) in [4.78, 5) is 16.3. The predicted molar refractivity (Wildman–Crippen MR) is 87.7 cm³/mol. The summed E-state index contributed by atoms with van der Waals surface area (Å²) in [5, 5.41) is 0. The van der Waals surface area contributed by atoms with Gasteiger partial charge in [-0.3, -0.25) is 0 Å². The molecule has 0 radical (unpaired) electrons. The third kappa shape index (κ3) is 3.55. The van der Waals surface area contributed by atoms with Crippen molar-refractivity contribution in [3.63, 3.8) is 0 Å². The van der Waals surface area contributed by atoms with Crippen LogP contribution in [0.4, 0.5) is 0 Å². The Hall–Kier alpha value is -1.57. The molecule has 0 atom stereocenters. The highest BCUT2D eigenvalue weighted by Crippen LogP contribution is 2.18. The first-order valence-corrected chi connectivity index (χ1v) is 7.65. The molecule has 2 rings (SSSR count). The predicted octanol–water partition coefficient (Wildman–Crippen LogP) is 2.80. The molecule has 5 nitrogen and oxygen atoms in total. The van der Waals surface area contributed by atoms with Crippen molar-refractivity contribution in [2.45, 2.75) is 13.3 Å². The fourth-order valence-electron chi connectivity index (χ4n) is 1.94. The first-order chi connectivity index (χ1) is 10.1. The van der Waals surface area contributed by atoms with Crippen LogP contribution in [0.1, 0.15) is 28.8 Å². The van der Waals surface area contributed by atoms with Crippen molar-refractivity contribution in [2.75, 3.05) is 13.7 Å². The number of aromatic nitrogens is 2. The Labute approximate surface area is 137 Å². The van der Waals surface area contributed by atoms with Crippen molar-refractivity contribution >= 4 is 28.6 Å². The molecule has 0 aliphatic heterocycles. The summed E-state index contributed by atoms with van der Waals surface area (Å²) in [6, 6.07) is 7.81. The standard InChI is InChI=1S/C15H17IN2O3/c1-4-21-15(19)13-14(16)18(2)12(17-13)9-10-5-7-11(20-3)8-6-10/h5-8H,4,9H2,1-3H3. The molecule has 0 amide bonds. The van der Waals surface area contributed by atoms with E-state index >= 15 is 0 Å². The minimum Gasteiger partial charge on any atom is -0.497 e. The Kier molecular flexibility index (Phi) is 5.22. The van der Waals surface area contributed by atoms with E-state index in [9.17, 15) is 4.79 Å². The Morgan fingerprint density at radius 3 is 2.57 bits per heavy atom. The zero-order chi connectivity index (χ0) is 15.4. The minimum absolute atomic E-state index is 0.347. The van der Waals surface area contributed by atoms with Crippen LogP contribution in [0.15, 0.2) is 24.3 Å². The van der Waals surface area contributed by atoms with Crippen LogP contribution in [0.3, 0.4) is 0 Å². The van der Waals surface area contributed by atoms with Gasteiger partial charge in [-0.15, -0.1) is 0 Å². The van der Waals surface area contributed by atoms with Gasteiger partial charge in [0.1, 0.15) is 15.3 Å². The second-order valence-electron chi connectivity index (χ2n) is 4.47. The van der Waals surface area contributed by atoms with Gasteiger partial charge in [0.2, 0.25) is 0 Å². The van der Waals surface area contributed by atoms with Crippen molar-refractivity contribution in [3.8, 4) is 5.75 Å². The van der Waals surface area contributed by atoms with Gasteiger partial charge in [-0.1, -0.05) is 12.1 Å². The van der Waals surface area contributed by atoms with E-state index < -0.39 is 0 Å². The third-order valence-electron chi connectivity index (χ3n) is 3.11. The number of carbonyl (C=O) groups is 1. The molecule has 1 heterocycles. The van der Waals surface area contributed by atoms with Gasteiger partial charge in [-0.2, -0.15) is 0 Å². The molecule has 2 aromatic rings. The average molecular weight is 400 g/mol. The maximum Gasteiger partial charge on any atom is 0.359 e. The smallest absolute Gasteiger partial charge is 0.359 e. The summed E-state index contributed by atoms with van der Waals surface area (Å²) in [6.45, 7) is 2.13. The fraction of sp³-hybridized carbons (Fsp3) is 0.333. The molecule has 6 heteroatoms. The van der Waals surface area contributed by atoms with Gasteiger partial charge < -0.3 is 14.0 Å². The van der Waals surface area contributed by atoms with E-state index in [2.05, 4.69) is 27.6 Å². The Bertz CT molecular complexity index is 635. The molecule has 1 aromatic carbocycles. The number of carbonyl (C=O) groups excluding carboxylic acids is 1. The van der Waals surface area contributed by atoms with Gasteiger partial charge in [0.15, 0.2) is 5.69 Å². The highest BCUT2D eigenvalue weighted by Gasteiger charge is 2.20. The summed E-state index contributed by atoms with van der Waals surface area (Å²) < 4.78 is 12.9. The number of ether oxygens (including phenoxy) is 2. The van der Waals surface area contributed by atoms with Crippen molar-refractivity contribution in [2.24, 2.45) is 7.05 Å². The van der Waals surface area contributed by atoms with E-state index in [0.29, 0.717) is 18.7 Å². The molecule has 0 bridgehead atoms. The summed E-state index contributed by atoms with van der Waals surface area (Å²) in [7, 11) is 3.54. The number of methoxy groups -OCH3 is 1. The van der Waals surface area contributed by atoms with Crippen molar-refractivity contribution in [1.29, 1.82) is 0 Å². The largest absolute Gasteiger partial charge is 0.497 e. The molecule has 21 heavy (non-hydrogen) atoms. The summed E-state index contributed by atoms with van der Waals surface area (Å²) in [5.41, 5.74) is 1.49. The first-order valence-electron chi connectivity index (χ1n) is 6.58. The number of benzene rings is 1. The maximum atomic E-state index is 11.8. The Morgan fingerprint density at radius 1 is 1.33 bits per heavy atom. The van der Waals surface area contributed by atoms with E-state index in [-0.39, 0.29) is 5.97 Å². The number of halogens is 1. The highest BCUT2D eigenvalue weighted by molar-refractivity contribution is 14.1. The van der Waals surface area contributed by atoms with E-state index in [1.807, 2.05) is 35.9 Å². The molecule has 0 N–H and O–H groups in total. The number of imidazole rings is 1. The normalized spacial score (nSPS) is 10.5. The van der Waals surface area contributed by atoms with Gasteiger partial charge in [0, 0.05) is 13.5 Å². The zero-order valence-corrected chi connectivity index (χ0v) is 14.4. The molecule has 112 valence electrons. The molecule has 0 spiro atoms. The average Bonchev–Trinajstić information content (AvgIpc) is 2.77. The lowest BCUT2D eigenvalue weighted by Crippen LogP contribution is -2.07. The van der Waals surface area contributed by atoms with Gasteiger partial charge in [-0.25, -0.2) is 9.78 Å². The second-order valence-corrected chi connectivity index (χ2v) is 5.49. The first kappa shape index (κ1) is 15.8. The lowest BCUT2D eigenvalue weighted by atomic mass is 10.1. The molecule has 1 aromatic heterocycles. The Balaban J connectivity index is 2.23. The second kappa shape index (κ2) is 6.93. The van der Waals surface area contributed by atoms with Gasteiger partial charge >= 0.3 is 5.97 Å². The summed E-state index contributed by atoms with van der Waals surface area (Å²) >= 11 is 2.11. The number of nitrogens with zero attached hydrogens (tertiary/aromatic N) is 2. The minimum atomic E-state index is -0.376. The summed E-state index contributed by atoms with van der Waals surface area (Å²) in [6.07, 6.45) is 0.649. The number of esters is 1. The van der Waals surface area contributed by atoms with Crippen LogP contribution in [-0.2, 0) is 18.2 Å². The van der Waals surface area contributed by atoms with Crippen LogP contribution in [0.2, 0.25) is 0 Å². The monoisotopic (exact) mass is 400 g/mol. The SMILES string of the molecule is CCOC(=O)c1nc(Cc2ccc(OC)cc2)n(C)c1I. The van der Waals surface area contributed by atoms with Gasteiger partial charge in [0.25, 0.3) is 0 Å². The molecule has 0 aliphatic carbocycles. The maximum absolute atomic E-state index is 11.8. The third-order valence-corrected chi connectivity index (χ3v) is 4.34. The number of rotatable bonds is 5. The molecular weight excluding hydrogens is 383 g/mol. The molecule has 0 aliphatic rings. The van der Waals surface area contributed by atoms with E-state index in [1.165, 1.54) is 0 Å². The van der Waals surface area contributed by atoms with Crippen LogP contribution in [0.5, 0.6) is 5.75 Å². The van der Waals surface area contributed by atoms with Crippen LogP contribution in [0.25, 0.3) is 0 Å². The van der Waals surface area contributed by atoms with E-state index in [0.717, 1.165) is 20.8 Å². The molecular formula is C15H17IN2O3. The Morgan fingerprint density at radius 2 is 2.00 bits per heavy atom. The lowest BCUT2D eigenvalue weighted by Gasteiger charge is -2.04.